The second-order valence-corrected chi connectivity index (χ2v) is 7.82. The van der Waals surface area contributed by atoms with Gasteiger partial charge in [0, 0.05) is 16.5 Å². The summed E-state index contributed by atoms with van der Waals surface area (Å²) in [5.41, 5.74) is 3.72. The molecule has 0 aliphatic carbocycles. The molecule has 4 aromatic rings. The van der Waals surface area contributed by atoms with Crippen molar-refractivity contribution < 1.29 is 8.78 Å². The lowest BCUT2D eigenvalue weighted by atomic mass is 9.95. The number of nitrogens with zero attached hydrogens (tertiary/aromatic N) is 1. The number of aryl methyl sites for hydroxylation is 1. The standard InChI is InChI=1S/C28H23F2N/c1-2-3-4-5-19-8-13-25-22(16-19)12-15-26(28(25)30)23-11-14-24(27(29)17-23)21-9-6-20(18-31)7-10-21/h6-17H,2-5H2,1H3. The summed E-state index contributed by atoms with van der Waals surface area (Å²) in [6.45, 7) is 2.18. The number of halogens is 2. The predicted molar refractivity (Wildman–Crippen MR) is 123 cm³/mol. The lowest BCUT2D eigenvalue weighted by Crippen LogP contribution is -1.92. The average molecular weight is 411 g/mol. The first-order valence-corrected chi connectivity index (χ1v) is 10.6. The van der Waals surface area contributed by atoms with Gasteiger partial charge < -0.3 is 0 Å². The maximum absolute atomic E-state index is 15.3. The molecule has 0 aromatic heterocycles. The average Bonchev–Trinajstić information content (AvgIpc) is 2.79. The summed E-state index contributed by atoms with van der Waals surface area (Å²) >= 11 is 0. The van der Waals surface area contributed by atoms with E-state index < -0.39 is 5.82 Å². The van der Waals surface area contributed by atoms with Gasteiger partial charge in [0.25, 0.3) is 0 Å². The van der Waals surface area contributed by atoms with Crippen molar-refractivity contribution in [3.05, 3.63) is 95.6 Å². The van der Waals surface area contributed by atoms with Crippen LogP contribution in [0, 0.1) is 23.0 Å². The largest absolute Gasteiger partial charge is 0.206 e. The summed E-state index contributed by atoms with van der Waals surface area (Å²) in [6.07, 6.45) is 4.49. The molecule has 31 heavy (non-hydrogen) atoms. The fourth-order valence-electron chi connectivity index (χ4n) is 3.94. The van der Waals surface area contributed by atoms with Gasteiger partial charge in [-0.25, -0.2) is 8.78 Å². The van der Waals surface area contributed by atoms with E-state index in [1.54, 1.807) is 42.5 Å². The van der Waals surface area contributed by atoms with Gasteiger partial charge in [0.1, 0.15) is 11.6 Å². The zero-order chi connectivity index (χ0) is 21.8. The Morgan fingerprint density at radius 3 is 2.23 bits per heavy atom. The van der Waals surface area contributed by atoms with E-state index in [0.29, 0.717) is 33.2 Å². The van der Waals surface area contributed by atoms with E-state index in [2.05, 4.69) is 13.0 Å². The van der Waals surface area contributed by atoms with E-state index in [-0.39, 0.29) is 5.82 Å². The first kappa shape index (κ1) is 20.8. The van der Waals surface area contributed by atoms with E-state index in [1.807, 2.05) is 24.3 Å². The number of rotatable bonds is 6. The summed E-state index contributed by atoms with van der Waals surface area (Å²) in [6, 6.07) is 23.1. The van der Waals surface area contributed by atoms with Crippen molar-refractivity contribution >= 4 is 10.8 Å². The van der Waals surface area contributed by atoms with Crippen molar-refractivity contribution in [1.82, 2.24) is 0 Å². The number of hydrogen-bond acceptors (Lipinski definition) is 1. The number of fused-ring (bicyclic) bond motifs is 1. The second kappa shape index (κ2) is 9.10. The van der Waals surface area contributed by atoms with Crippen LogP contribution in [-0.4, -0.2) is 0 Å². The van der Waals surface area contributed by atoms with Crippen LogP contribution in [0.3, 0.4) is 0 Å². The van der Waals surface area contributed by atoms with Gasteiger partial charge in [-0.3, -0.25) is 0 Å². The van der Waals surface area contributed by atoms with Crippen molar-refractivity contribution in [2.45, 2.75) is 32.6 Å². The number of unbranched alkanes of at least 4 members (excludes halogenated alkanes) is 2. The smallest absolute Gasteiger partial charge is 0.138 e. The van der Waals surface area contributed by atoms with Crippen molar-refractivity contribution in [2.75, 3.05) is 0 Å². The molecule has 1 nitrogen and oxygen atoms in total. The Kier molecular flexibility index (Phi) is 6.09. The van der Waals surface area contributed by atoms with Crippen LogP contribution in [0.4, 0.5) is 8.78 Å². The van der Waals surface area contributed by atoms with Gasteiger partial charge in [-0.2, -0.15) is 5.26 Å². The van der Waals surface area contributed by atoms with Gasteiger partial charge in [0.05, 0.1) is 11.6 Å². The fourth-order valence-corrected chi connectivity index (χ4v) is 3.94. The third kappa shape index (κ3) is 4.34. The molecule has 0 aliphatic rings. The summed E-state index contributed by atoms with van der Waals surface area (Å²) in [7, 11) is 0. The van der Waals surface area contributed by atoms with Crippen molar-refractivity contribution in [2.24, 2.45) is 0 Å². The molecule has 0 heterocycles. The van der Waals surface area contributed by atoms with Crippen molar-refractivity contribution in [3.63, 3.8) is 0 Å². The minimum absolute atomic E-state index is 0.330. The minimum atomic E-state index is -0.423. The summed E-state index contributed by atoms with van der Waals surface area (Å²) in [4.78, 5) is 0. The molecule has 3 heteroatoms. The molecule has 0 radical (unpaired) electrons. The highest BCUT2D eigenvalue weighted by molar-refractivity contribution is 5.89. The van der Waals surface area contributed by atoms with Gasteiger partial charge in [-0.1, -0.05) is 74.4 Å². The van der Waals surface area contributed by atoms with E-state index >= 15 is 4.39 Å². The SMILES string of the molecule is CCCCCc1ccc2c(F)c(-c3ccc(-c4ccc(C#N)cc4)c(F)c3)ccc2c1. The molecule has 4 rings (SSSR count). The Morgan fingerprint density at radius 2 is 1.52 bits per heavy atom. The van der Waals surface area contributed by atoms with Gasteiger partial charge in [-0.15, -0.1) is 0 Å². The fraction of sp³-hybridized carbons (Fsp3) is 0.179. The van der Waals surface area contributed by atoms with Crippen LogP contribution >= 0.6 is 0 Å². The zero-order valence-corrected chi connectivity index (χ0v) is 17.5. The Labute approximate surface area is 181 Å². The minimum Gasteiger partial charge on any atom is -0.206 e. The maximum Gasteiger partial charge on any atom is 0.138 e. The molecule has 0 unspecified atom stereocenters. The van der Waals surface area contributed by atoms with Gasteiger partial charge in [-0.05, 0) is 53.1 Å². The highest BCUT2D eigenvalue weighted by atomic mass is 19.1. The van der Waals surface area contributed by atoms with Crippen molar-refractivity contribution in [1.29, 1.82) is 5.26 Å². The molecule has 0 amide bonds. The van der Waals surface area contributed by atoms with E-state index in [9.17, 15) is 4.39 Å². The maximum atomic E-state index is 15.3. The van der Waals surface area contributed by atoms with Crippen LogP contribution < -0.4 is 0 Å². The van der Waals surface area contributed by atoms with Gasteiger partial charge >= 0.3 is 0 Å². The number of benzene rings is 4. The van der Waals surface area contributed by atoms with E-state index in [4.69, 9.17) is 5.26 Å². The molecular formula is C28H23F2N. The third-order valence-electron chi connectivity index (χ3n) is 5.69. The Balaban J connectivity index is 1.66. The van der Waals surface area contributed by atoms with Crippen LogP contribution in [0.1, 0.15) is 37.3 Å². The zero-order valence-electron chi connectivity index (χ0n) is 17.5. The molecule has 154 valence electrons. The molecule has 0 fully saturated rings. The predicted octanol–water partition coefficient (Wildman–Crippen LogP) is 8.06. The van der Waals surface area contributed by atoms with E-state index in [1.165, 1.54) is 24.5 Å². The molecule has 0 spiro atoms. The summed E-state index contributed by atoms with van der Waals surface area (Å²) < 4.78 is 30.1. The normalized spacial score (nSPS) is 10.9. The van der Waals surface area contributed by atoms with Gasteiger partial charge in [0.2, 0.25) is 0 Å². The van der Waals surface area contributed by atoms with Crippen LogP contribution in [0.5, 0.6) is 0 Å². The quantitative estimate of drug-likeness (QED) is 0.294. The Bertz CT molecular complexity index is 1270. The lowest BCUT2D eigenvalue weighted by Gasteiger charge is -2.11. The number of nitriles is 1. The van der Waals surface area contributed by atoms with Gasteiger partial charge in [0.15, 0.2) is 0 Å². The topological polar surface area (TPSA) is 23.8 Å². The highest BCUT2D eigenvalue weighted by Gasteiger charge is 2.13. The van der Waals surface area contributed by atoms with E-state index in [0.717, 1.165) is 18.2 Å². The Morgan fingerprint density at radius 1 is 0.774 bits per heavy atom. The Hall–Kier alpha value is -3.51. The highest BCUT2D eigenvalue weighted by Crippen LogP contribution is 2.33. The first-order chi connectivity index (χ1) is 15.1. The molecule has 0 saturated carbocycles. The van der Waals surface area contributed by atoms with Crippen LogP contribution in [0.25, 0.3) is 33.0 Å². The molecule has 4 aromatic carbocycles. The van der Waals surface area contributed by atoms with Crippen LogP contribution in [-0.2, 0) is 6.42 Å². The third-order valence-corrected chi connectivity index (χ3v) is 5.69. The summed E-state index contributed by atoms with van der Waals surface area (Å²) in [5.74, 6) is -0.754. The molecule has 0 bridgehead atoms. The van der Waals surface area contributed by atoms with Crippen molar-refractivity contribution in [3.8, 4) is 28.3 Å². The lowest BCUT2D eigenvalue weighted by molar-refractivity contribution is 0.630. The molecule has 0 aliphatic heterocycles. The molecule has 0 saturated heterocycles. The molecule has 0 atom stereocenters. The molecule has 0 N–H and O–H groups in total. The second-order valence-electron chi connectivity index (χ2n) is 7.82. The van der Waals surface area contributed by atoms with Crippen LogP contribution in [0.15, 0.2) is 72.8 Å². The monoisotopic (exact) mass is 411 g/mol. The number of hydrogen-bond donors (Lipinski definition) is 0. The van der Waals surface area contributed by atoms with Crippen LogP contribution in [0.2, 0.25) is 0 Å². The first-order valence-electron chi connectivity index (χ1n) is 10.6. The summed E-state index contributed by atoms with van der Waals surface area (Å²) in [5, 5.41) is 10.3. The molecular weight excluding hydrogens is 388 g/mol.